The van der Waals surface area contributed by atoms with Gasteiger partial charge >= 0.3 is 0 Å². The average Bonchev–Trinajstić information content (AvgIpc) is 2.67. The summed E-state index contributed by atoms with van der Waals surface area (Å²) < 4.78 is 0. The normalized spacial score (nSPS) is 20.1. The predicted molar refractivity (Wildman–Crippen MR) is 61.6 cm³/mol. The summed E-state index contributed by atoms with van der Waals surface area (Å²) in [5, 5.41) is 10.0. The maximum absolute atomic E-state index is 12.0. The van der Waals surface area contributed by atoms with Crippen LogP contribution in [-0.4, -0.2) is 35.0 Å². The van der Waals surface area contributed by atoms with E-state index in [0.29, 0.717) is 18.1 Å². The van der Waals surface area contributed by atoms with Crippen LogP contribution in [0.25, 0.3) is 0 Å². The van der Waals surface area contributed by atoms with Crippen LogP contribution in [-0.2, 0) is 0 Å². The quantitative estimate of drug-likeness (QED) is 0.776. The van der Waals surface area contributed by atoms with Crippen molar-refractivity contribution in [3.63, 3.8) is 0 Å². The van der Waals surface area contributed by atoms with E-state index in [0.717, 1.165) is 6.42 Å². The number of carbonyl (C=O) groups is 1. The van der Waals surface area contributed by atoms with E-state index < -0.39 is 0 Å². The molecular formula is C11H13ClN2O2. The third-order valence-corrected chi connectivity index (χ3v) is 2.94. The Hall–Kier alpha value is -1.26. The molecule has 2 rings (SSSR count). The van der Waals surface area contributed by atoms with Crippen LogP contribution < -0.4 is 5.73 Å². The molecule has 1 saturated heterocycles. The van der Waals surface area contributed by atoms with Crippen LogP contribution >= 0.6 is 11.6 Å². The van der Waals surface area contributed by atoms with Gasteiger partial charge < -0.3 is 15.7 Å². The van der Waals surface area contributed by atoms with Crippen molar-refractivity contribution in [2.75, 3.05) is 13.1 Å². The summed E-state index contributed by atoms with van der Waals surface area (Å²) in [6.45, 7) is 1.16. The van der Waals surface area contributed by atoms with Crippen LogP contribution in [0.1, 0.15) is 16.8 Å². The topological polar surface area (TPSA) is 66.6 Å². The van der Waals surface area contributed by atoms with Gasteiger partial charge in [-0.25, -0.2) is 0 Å². The second-order valence-electron chi connectivity index (χ2n) is 3.96. The molecule has 1 aromatic rings. The van der Waals surface area contributed by atoms with E-state index >= 15 is 0 Å². The van der Waals surface area contributed by atoms with Gasteiger partial charge in [-0.3, -0.25) is 4.79 Å². The van der Waals surface area contributed by atoms with E-state index in [1.165, 1.54) is 12.1 Å². The number of phenolic OH excluding ortho intramolecular Hbond substituents is 1. The number of carbonyl (C=O) groups excluding carboxylic acids is 1. The second-order valence-corrected chi connectivity index (χ2v) is 4.40. The first-order valence-electron chi connectivity index (χ1n) is 5.11. The summed E-state index contributed by atoms with van der Waals surface area (Å²) in [5.74, 6) is -0.261. The lowest BCUT2D eigenvalue weighted by molar-refractivity contribution is 0.0788. The molecular weight excluding hydrogens is 228 g/mol. The number of nitrogens with two attached hydrogens (primary N) is 1. The summed E-state index contributed by atoms with van der Waals surface area (Å²) in [5.41, 5.74) is 5.96. The first kappa shape index (κ1) is 11.2. The Morgan fingerprint density at radius 3 is 2.94 bits per heavy atom. The summed E-state index contributed by atoms with van der Waals surface area (Å²) in [6, 6.07) is 4.48. The number of rotatable bonds is 1. The lowest BCUT2D eigenvalue weighted by Crippen LogP contribution is -2.31. The number of amides is 1. The van der Waals surface area contributed by atoms with Gasteiger partial charge in [-0.1, -0.05) is 11.6 Å². The van der Waals surface area contributed by atoms with E-state index in [1.807, 2.05) is 0 Å². The van der Waals surface area contributed by atoms with Crippen LogP contribution in [0, 0.1) is 0 Å². The molecule has 16 heavy (non-hydrogen) atoms. The van der Waals surface area contributed by atoms with Crippen LogP contribution in [0.5, 0.6) is 5.75 Å². The first-order chi connectivity index (χ1) is 7.58. The zero-order valence-electron chi connectivity index (χ0n) is 8.69. The summed E-state index contributed by atoms with van der Waals surface area (Å²) in [6.07, 6.45) is 0.799. The van der Waals surface area contributed by atoms with E-state index in [9.17, 15) is 9.90 Å². The molecule has 1 heterocycles. The first-order valence-corrected chi connectivity index (χ1v) is 5.49. The second kappa shape index (κ2) is 4.31. The summed E-state index contributed by atoms with van der Waals surface area (Å²) >= 11 is 5.79. The number of aromatic hydroxyl groups is 1. The molecule has 0 aliphatic carbocycles. The minimum absolute atomic E-state index is 0.0327. The van der Waals surface area contributed by atoms with Crippen LogP contribution in [0.3, 0.4) is 0 Å². The van der Waals surface area contributed by atoms with Crippen LogP contribution in [0.2, 0.25) is 5.02 Å². The Labute approximate surface area is 98.6 Å². The fourth-order valence-corrected chi connectivity index (χ4v) is 1.99. The molecule has 0 aromatic heterocycles. The highest BCUT2D eigenvalue weighted by atomic mass is 35.5. The van der Waals surface area contributed by atoms with Gasteiger partial charge in [0, 0.05) is 24.2 Å². The summed E-state index contributed by atoms with van der Waals surface area (Å²) in [7, 11) is 0. The lowest BCUT2D eigenvalue weighted by atomic mass is 10.2. The van der Waals surface area contributed by atoms with Gasteiger partial charge in [0.05, 0.1) is 5.56 Å². The van der Waals surface area contributed by atoms with Crippen molar-refractivity contribution < 1.29 is 9.90 Å². The summed E-state index contributed by atoms with van der Waals surface area (Å²) in [4.78, 5) is 13.7. The van der Waals surface area contributed by atoms with Gasteiger partial charge in [0.1, 0.15) is 5.75 Å². The molecule has 1 aromatic carbocycles. The number of nitrogens with zero attached hydrogens (tertiary/aromatic N) is 1. The lowest BCUT2D eigenvalue weighted by Gasteiger charge is -2.16. The Balaban J connectivity index is 2.23. The maximum atomic E-state index is 12.0. The molecule has 0 bridgehead atoms. The molecule has 0 saturated carbocycles. The van der Waals surface area contributed by atoms with Gasteiger partial charge in [0.2, 0.25) is 0 Å². The number of halogens is 1. The Bertz CT molecular complexity index is 422. The van der Waals surface area contributed by atoms with Gasteiger partial charge in [0.15, 0.2) is 0 Å². The molecule has 0 spiro atoms. The van der Waals surface area contributed by atoms with Crippen LogP contribution in [0.15, 0.2) is 18.2 Å². The molecule has 1 fully saturated rings. The molecule has 4 nitrogen and oxygen atoms in total. The van der Waals surface area contributed by atoms with Crippen molar-refractivity contribution in [2.24, 2.45) is 5.73 Å². The van der Waals surface area contributed by atoms with Gasteiger partial charge in [0.25, 0.3) is 5.91 Å². The van der Waals surface area contributed by atoms with Crippen molar-refractivity contribution in [3.8, 4) is 5.75 Å². The fraction of sp³-hybridized carbons (Fsp3) is 0.364. The smallest absolute Gasteiger partial charge is 0.257 e. The molecule has 1 amide bonds. The number of benzene rings is 1. The highest BCUT2D eigenvalue weighted by Gasteiger charge is 2.26. The van der Waals surface area contributed by atoms with Crippen molar-refractivity contribution in [1.29, 1.82) is 0 Å². The minimum Gasteiger partial charge on any atom is -0.507 e. The molecule has 5 heteroatoms. The zero-order valence-corrected chi connectivity index (χ0v) is 9.44. The molecule has 86 valence electrons. The van der Waals surface area contributed by atoms with Crippen molar-refractivity contribution in [2.45, 2.75) is 12.5 Å². The maximum Gasteiger partial charge on any atom is 0.257 e. The highest BCUT2D eigenvalue weighted by molar-refractivity contribution is 6.31. The molecule has 0 radical (unpaired) electrons. The largest absolute Gasteiger partial charge is 0.507 e. The number of hydrogen-bond donors (Lipinski definition) is 2. The van der Waals surface area contributed by atoms with Crippen molar-refractivity contribution in [1.82, 2.24) is 4.90 Å². The number of phenols is 1. The fourth-order valence-electron chi connectivity index (χ4n) is 1.82. The predicted octanol–water partition coefficient (Wildman–Crippen LogP) is 1.22. The molecule has 1 unspecified atom stereocenters. The standard InChI is InChI=1S/C11H13ClN2O2/c12-7-1-2-10(15)9(5-7)11(16)14-4-3-8(13)6-14/h1-2,5,8,15H,3-4,6,13H2. The SMILES string of the molecule is NC1CCN(C(=O)c2cc(Cl)ccc2O)C1. The molecule has 1 atom stereocenters. The van der Waals surface area contributed by atoms with Crippen molar-refractivity contribution >= 4 is 17.5 Å². The van der Waals surface area contributed by atoms with Crippen LogP contribution in [0.4, 0.5) is 0 Å². The third kappa shape index (κ3) is 2.13. The minimum atomic E-state index is -0.215. The average molecular weight is 241 g/mol. The Morgan fingerprint density at radius 1 is 1.56 bits per heavy atom. The number of hydrogen-bond acceptors (Lipinski definition) is 3. The van der Waals surface area contributed by atoms with E-state index in [4.69, 9.17) is 17.3 Å². The highest BCUT2D eigenvalue weighted by Crippen LogP contribution is 2.24. The zero-order chi connectivity index (χ0) is 11.7. The monoisotopic (exact) mass is 240 g/mol. The van der Waals surface area contributed by atoms with Crippen molar-refractivity contribution in [3.05, 3.63) is 28.8 Å². The van der Waals surface area contributed by atoms with E-state index in [-0.39, 0.29) is 23.3 Å². The Morgan fingerprint density at radius 2 is 2.31 bits per heavy atom. The van der Waals surface area contributed by atoms with Gasteiger partial charge in [-0.15, -0.1) is 0 Å². The van der Waals surface area contributed by atoms with E-state index in [1.54, 1.807) is 11.0 Å². The van der Waals surface area contributed by atoms with E-state index in [2.05, 4.69) is 0 Å². The molecule has 1 aliphatic rings. The molecule has 3 N–H and O–H groups in total. The van der Waals surface area contributed by atoms with Gasteiger partial charge in [-0.05, 0) is 24.6 Å². The molecule has 1 aliphatic heterocycles. The van der Waals surface area contributed by atoms with Gasteiger partial charge in [-0.2, -0.15) is 0 Å². The third-order valence-electron chi connectivity index (χ3n) is 2.70. The number of likely N-dealkylation sites (tertiary alicyclic amines) is 1. The Kier molecular flexibility index (Phi) is 3.03.